The summed E-state index contributed by atoms with van der Waals surface area (Å²) in [5.41, 5.74) is 0. The molecule has 2 heterocycles. The second-order valence-electron chi connectivity index (χ2n) is 4.66. The molecule has 3 atom stereocenters. The van der Waals surface area contributed by atoms with Crippen molar-refractivity contribution in [2.75, 3.05) is 26.3 Å². The third-order valence-electron chi connectivity index (χ3n) is 3.59. The molecule has 3 unspecified atom stereocenters. The van der Waals surface area contributed by atoms with Gasteiger partial charge in [-0.3, -0.25) is 4.90 Å². The van der Waals surface area contributed by atoms with Crippen molar-refractivity contribution in [2.24, 2.45) is 5.92 Å². The van der Waals surface area contributed by atoms with Gasteiger partial charge in [0.25, 0.3) is 0 Å². The number of ether oxygens (including phenoxy) is 1. The third kappa shape index (κ3) is 2.27. The molecular formula is C11H21NO2. The second-order valence-corrected chi connectivity index (χ2v) is 4.66. The van der Waals surface area contributed by atoms with Crippen LogP contribution < -0.4 is 0 Å². The molecule has 2 aliphatic rings. The first kappa shape index (κ1) is 10.4. The second kappa shape index (κ2) is 4.60. The number of nitrogens with zero attached hydrogens (tertiary/aromatic N) is 1. The lowest BCUT2D eigenvalue weighted by Crippen LogP contribution is -2.40. The molecule has 2 saturated heterocycles. The van der Waals surface area contributed by atoms with Crippen LogP contribution in [-0.2, 0) is 4.74 Å². The maximum atomic E-state index is 9.51. The van der Waals surface area contributed by atoms with E-state index in [0.717, 1.165) is 32.7 Å². The highest BCUT2D eigenvalue weighted by molar-refractivity contribution is 4.84. The highest BCUT2D eigenvalue weighted by Crippen LogP contribution is 2.24. The van der Waals surface area contributed by atoms with E-state index < -0.39 is 0 Å². The quantitative estimate of drug-likeness (QED) is 0.716. The van der Waals surface area contributed by atoms with Crippen molar-refractivity contribution in [2.45, 2.75) is 38.3 Å². The monoisotopic (exact) mass is 199 g/mol. The molecule has 0 aromatic rings. The zero-order valence-corrected chi connectivity index (χ0v) is 8.98. The number of hydrogen-bond donors (Lipinski definition) is 1. The molecule has 3 nitrogen and oxygen atoms in total. The zero-order valence-electron chi connectivity index (χ0n) is 8.98. The van der Waals surface area contributed by atoms with Crippen LogP contribution in [-0.4, -0.2) is 48.5 Å². The maximum absolute atomic E-state index is 9.51. The molecule has 2 fully saturated rings. The van der Waals surface area contributed by atoms with Gasteiger partial charge >= 0.3 is 0 Å². The van der Waals surface area contributed by atoms with Crippen LogP contribution in [0.2, 0.25) is 0 Å². The summed E-state index contributed by atoms with van der Waals surface area (Å²) < 4.78 is 5.49. The van der Waals surface area contributed by atoms with Gasteiger partial charge in [0.05, 0.1) is 12.7 Å². The molecule has 0 bridgehead atoms. The van der Waals surface area contributed by atoms with Gasteiger partial charge in [0.15, 0.2) is 0 Å². The van der Waals surface area contributed by atoms with Crippen LogP contribution in [0.25, 0.3) is 0 Å². The minimum Gasteiger partial charge on any atom is -0.393 e. The number of hydrogen-bond acceptors (Lipinski definition) is 3. The van der Waals surface area contributed by atoms with Gasteiger partial charge in [-0.25, -0.2) is 0 Å². The molecule has 0 spiro atoms. The van der Waals surface area contributed by atoms with Crippen LogP contribution in [0, 0.1) is 5.92 Å². The summed E-state index contributed by atoms with van der Waals surface area (Å²) in [5, 5.41) is 9.51. The van der Waals surface area contributed by atoms with Crippen molar-refractivity contribution < 1.29 is 9.84 Å². The smallest absolute Gasteiger partial charge is 0.0621 e. The summed E-state index contributed by atoms with van der Waals surface area (Å²) >= 11 is 0. The molecule has 0 amide bonds. The van der Waals surface area contributed by atoms with E-state index in [4.69, 9.17) is 4.74 Å². The van der Waals surface area contributed by atoms with Crippen LogP contribution in [0.5, 0.6) is 0 Å². The van der Waals surface area contributed by atoms with Gasteiger partial charge in [0, 0.05) is 19.2 Å². The number of likely N-dealkylation sites (tertiary alicyclic amines) is 1. The first-order valence-corrected chi connectivity index (χ1v) is 5.77. The van der Waals surface area contributed by atoms with Crippen LogP contribution in [0.4, 0.5) is 0 Å². The van der Waals surface area contributed by atoms with Crippen molar-refractivity contribution in [3.05, 3.63) is 0 Å². The standard InChI is InChI=1S/C11H21NO2/c1-9(13)10-4-5-12(7-10)11-3-2-6-14-8-11/h9-11,13H,2-8H2,1H3. The number of aliphatic hydroxyl groups is 1. The molecule has 0 saturated carbocycles. The fourth-order valence-corrected chi connectivity index (χ4v) is 2.55. The highest BCUT2D eigenvalue weighted by atomic mass is 16.5. The Balaban J connectivity index is 1.82. The van der Waals surface area contributed by atoms with Crippen LogP contribution in [0.1, 0.15) is 26.2 Å². The third-order valence-corrected chi connectivity index (χ3v) is 3.59. The summed E-state index contributed by atoms with van der Waals surface area (Å²) in [6.45, 7) is 5.94. The van der Waals surface area contributed by atoms with Gasteiger partial charge in [-0.15, -0.1) is 0 Å². The van der Waals surface area contributed by atoms with Crippen molar-refractivity contribution in [1.29, 1.82) is 0 Å². The Labute approximate surface area is 86.0 Å². The minimum atomic E-state index is -0.149. The lowest BCUT2D eigenvalue weighted by molar-refractivity contribution is 0.0223. The Hall–Kier alpha value is -0.120. The topological polar surface area (TPSA) is 32.7 Å². The average Bonchev–Trinajstić information content (AvgIpc) is 2.68. The van der Waals surface area contributed by atoms with E-state index in [1.165, 1.54) is 12.8 Å². The molecule has 2 aliphatic heterocycles. The Bertz CT molecular complexity index is 178. The van der Waals surface area contributed by atoms with Crippen molar-refractivity contribution in [3.63, 3.8) is 0 Å². The molecule has 0 aromatic carbocycles. The van der Waals surface area contributed by atoms with E-state index in [1.54, 1.807) is 0 Å². The molecule has 0 aliphatic carbocycles. The fourth-order valence-electron chi connectivity index (χ4n) is 2.55. The van der Waals surface area contributed by atoms with Gasteiger partial charge in [-0.2, -0.15) is 0 Å². The number of rotatable bonds is 2. The highest BCUT2D eigenvalue weighted by Gasteiger charge is 2.31. The lowest BCUT2D eigenvalue weighted by atomic mass is 10.0. The Morgan fingerprint density at radius 3 is 2.86 bits per heavy atom. The van der Waals surface area contributed by atoms with E-state index in [-0.39, 0.29) is 6.10 Å². The first-order chi connectivity index (χ1) is 6.77. The SMILES string of the molecule is CC(O)C1CCN(C2CCCOC2)C1. The predicted molar refractivity (Wildman–Crippen MR) is 55.2 cm³/mol. The van der Waals surface area contributed by atoms with Crippen molar-refractivity contribution in [3.8, 4) is 0 Å². The van der Waals surface area contributed by atoms with Crippen LogP contribution in [0.3, 0.4) is 0 Å². The summed E-state index contributed by atoms with van der Waals surface area (Å²) in [4.78, 5) is 2.50. The van der Waals surface area contributed by atoms with Gasteiger partial charge < -0.3 is 9.84 Å². The zero-order chi connectivity index (χ0) is 9.97. The summed E-state index contributed by atoms with van der Waals surface area (Å²) in [6, 6.07) is 0.618. The fraction of sp³-hybridized carbons (Fsp3) is 1.00. The summed E-state index contributed by atoms with van der Waals surface area (Å²) in [6.07, 6.45) is 3.46. The van der Waals surface area contributed by atoms with Gasteiger partial charge in [0.1, 0.15) is 0 Å². The van der Waals surface area contributed by atoms with Gasteiger partial charge in [0.2, 0.25) is 0 Å². The molecule has 1 N–H and O–H groups in total. The van der Waals surface area contributed by atoms with Gasteiger partial charge in [-0.1, -0.05) is 0 Å². The Morgan fingerprint density at radius 1 is 1.43 bits per heavy atom. The number of aliphatic hydroxyl groups excluding tert-OH is 1. The van der Waals surface area contributed by atoms with Crippen LogP contribution >= 0.6 is 0 Å². The minimum absolute atomic E-state index is 0.149. The largest absolute Gasteiger partial charge is 0.393 e. The van der Waals surface area contributed by atoms with Crippen LogP contribution in [0.15, 0.2) is 0 Å². The van der Waals surface area contributed by atoms with E-state index in [2.05, 4.69) is 4.90 Å². The van der Waals surface area contributed by atoms with E-state index in [1.807, 2.05) is 6.92 Å². The van der Waals surface area contributed by atoms with E-state index in [0.29, 0.717) is 12.0 Å². The molecular weight excluding hydrogens is 178 g/mol. The lowest BCUT2D eigenvalue weighted by Gasteiger charge is -2.31. The van der Waals surface area contributed by atoms with E-state index in [9.17, 15) is 5.11 Å². The summed E-state index contributed by atoms with van der Waals surface area (Å²) in [5.74, 6) is 0.483. The average molecular weight is 199 g/mol. The molecule has 14 heavy (non-hydrogen) atoms. The Morgan fingerprint density at radius 2 is 2.29 bits per heavy atom. The molecule has 2 rings (SSSR count). The molecule has 3 heteroatoms. The van der Waals surface area contributed by atoms with E-state index >= 15 is 0 Å². The molecule has 0 aromatic heterocycles. The summed E-state index contributed by atoms with van der Waals surface area (Å²) in [7, 11) is 0. The molecule has 0 radical (unpaired) electrons. The molecule has 82 valence electrons. The normalized spacial score (nSPS) is 37.3. The first-order valence-electron chi connectivity index (χ1n) is 5.77. The predicted octanol–water partition coefficient (Wildman–Crippen LogP) is 0.868. The van der Waals surface area contributed by atoms with Crippen molar-refractivity contribution in [1.82, 2.24) is 4.90 Å². The maximum Gasteiger partial charge on any atom is 0.0621 e. The Kier molecular flexibility index (Phi) is 3.42. The van der Waals surface area contributed by atoms with Crippen molar-refractivity contribution >= 4 is 0 Å². The van der Waals surface area contributed by atoms with Gasteiger partial charge in [-0.05, 0) is 38.6 Å².